The van der Waals surface area contributed by atoms with E-state index in [4.69, 9.17) is 11.6 Å². The first kappa shape index (κ1) is 18.7. The van der Waals surface area contributed by atoms with Crippen LogP contribution in [-0.4, -0.2) is 44.6 Å². The standard InChI is InChI=1S/C17H20ClN5O2/c1-4-16(25)22(5-2)11-15(24)19-8-13-7-6-12(3)21-17(13)23-10-14(18)9-20-23/h4,6-7,9-10H,1,5,8,11H2,2-3H3,(H,19,24). The molecule has 0 spiro atoms. The van der Waals surface area contributed by atoms with Gasteiger partial charge in [0.15, 0.2) is 5.82 Å². The Morgan fingerprint density at radius 1 is 1.44 bits per heavy atom. The van der Waals surface area contributed by atoms with Gasteiger partial charge in [0.25, 0.3) is 0 Å². The molecule has 0 unspecified atom stereocenters. The van der Waals surface area contributed by atoms with Crippen LogP contribution in [0.3, 0.4) is 0 Å². The molecule has 0 radical (unpaired) electrons. The normalized spacial score (nSPS) is 10.4. The highest BCUT2D eigenvalue weighted by Crippen LogP contribution is 2.15. The summed E-state index contributed by atoms with van der Waals surface area (Å²) in [5.74, 6) is 0.0605. The largest absolute Gasteiger partial charge is 0.350 e. The molecule has 0 bridgehead atoms. The van der Waals surface area contributed by atoms with Crippen LogP contribution in [-0.2, 0) is 16.1 Å². The number of likely N-dealkylation sites (N-methyl/N-ethyl adjacent to an activating group) is 1. The summed E-state index contributed by atoms with van der Waals surface area (Å²) in [4.78, 5) is 29.6. The first-order valence-electron chi connectivity index (χ1n) is 7.79. The van der Waals surface area contributed by atoms with Crippen molar-refractivity contribution in [1.82, 2.24) is 25.0 Å². The van der Waals surface area contributed by atoms with E-state index < -0.39 is 0 Å². The number of pyridine rings is 1. The molecule has 2 aromatic rings. The quantitative estimate of drug-likeness (QED) is 0.763. The van der Waals surface area contributed by atoms with E-state index in [-0.39, 0.29) is 24.9 Å². The molecule has 0 saturated carbocycles. The van der Waals surface area contributed by atoms with Crippen LogP contribution in [0.25, 0.3) is 5.82 Å². The molecule has 2 rings (SSSR count). The summed E-state index contributed by atoms with van der Waals surface area (Å²) < 4.78 is 1.57. The molecule has 0 aliphatic heterocycles. The number of halogens is 1. The highest BCUT2D eigenvalue weighted by atomic mass is 35.5. The Balaban J connectivity index is 2.09. The summed E-state index contributed by atoms with van der Waals surface area (Å²) >= 11 is 5.92. The molecule has 0 atom stereocenters. The fraction of sp³-hybridized carbons (Fsp3) is 0.294. The van der Waals surface area contributed by atoms with E-state index in [0.29, 0.717) is 17.4 Å². The summed E-state index contributed by atoms with van der Waals surface area (Å²) in [6.45, 7) is 7.78. The average Bonchev–Trinajstić information content (AvgIpc) is 3.04. The van der Waals surface area contributed by atoms with E-state index in [1.165, 1.54) is 17.2 Å². The molecule has 2 heterocycles. The molecule has 2 amide bonds. The number of hydrogen-bond acceptors (Lipinski definition) is 4. The third-order valence-corrected chi connectivity index (χ3v) is 3.74. The number of carbonyl (C=O) groups is 2. The molecular formula is C17H20ClN5O2. The Bertz CT molecular complexity index is 787. The molecule has 2 aromatic heterocycles. The average molecular weight is 362 g/mol. The lowest BCUT2D eigenvalue weighted by Crippen LogP contribution is -2.39. The van der Waals surface area contributed by atoms with E-state index in [2.05, 4.69) is 22.0 Å². The van der Waals surface area contributed by atoms with Crippen molar-refractivity contribution in [2.45, 2.75) is 20.4 Å². The Hall–Kier alpha value is -2.67. The molecule has 0 aliphatic carbocycles. The number of aryl methyl sites for hydroxylation is 1. The van der Waals surface area contributed by atoms with E-state index in [0.717, 1.165) is 11.3 Å². The number of nitrogens with one attached hydrogen (secondary N) is 1. The van der Waals surface area contributed by atoms with Gasteiger partial charge in [-0.3, -0.25) is 9.59 Å². The lowest BCUT2D eigenvalue weighted by atomic mass is 10.2. The topological polar surface area (TPSA) is 80.1 Å². The molecule has 0 saturated heterocycles. The zero-order valence-electron chi connectivity index (χ0n) is 14.2. The van der Waals surface area contributed by atoms with Gasteiger partial charge in [0.05, 0.1) is 24.0 Å². The minimum Gasteiger partial charge on any atom is -0.350 e. The number of carbonyl (C=O) groups excluding carboxylic acids is 2. The van der Waals surface area contributed by atoms with Gasteiger partial charge in [-0.2, -0.15) is 5.10 Å². The highest BCUT2D eigenvalue weighted by Gasteiger charge is 2.14. The molecule has 0 fully saturated rings. The SMILES string of the molecule is C=CC(=O)N(CC)CC(=O)NCc1ccc(C)nc1-n1cc(Cl)cn1. The number of rotatable bonds is 7. The van der Waals surface area contributed by atoms with Crippen LogP contribution in [0.2, 0.25) is 5.02 Å². The third kappa shape index (κ3) is 4.90. The molecule has 1 N–H and O–H groups in total. The van der Waals surface area contributed by atoms with Crippen molar-refractivity contribution in [3.8, 4) is 5.82 Å². The van der Waals surface area contributed by atoms with Crippen LogP contribution < -0.4 is 5.32 Å². The van der Waals surface area contributed by atoms with Gasteiger partial charge in [-0.25, -0.2) is 9.67 Å². The molecule has 8 heteroatoms. The van der Waals surface area contributed by atoms with Gasteiger partial charge < -0.3 is 10.2 Å². The van der Waals surface area contributed by atoms with Crippen molar-refractivity contribution < 1.29 is 9.59 Å². The van der Waals surface area contributed by atoms with Gasteiger partial charge in [0.2, 0.25) is 11.8 Å². The first-order chi connectivity index (χ1) is 11.9. The van der Waals surface area contributed by atoms with Gasteiger partial charge in [-0.1, -0.05) is 24.2 Å². The van der Waals surface area contributed by atoms with E-state index in [1.54, 1.807) is 17.8 Å². The maximum atomic E-state index is 12.1. The zero-order valence-corrected chi connectivity index (χ0v) is 15.0. The van der Waals surface area contributed by atoms with Crippen LogP contribution in [0.15, 0.2) is 37.2 Å². The monoisotopic (exact) mass is 361 g/mol. The van der Waals surface area contributed by atoms with Gasteiger partial charge >= 0.3 is 0 Å². The molecule has 0 aliphatic rings. The summed E-state index contributed by atoms with van der Waals surface area (Å²) in [5, 5.41) is 7.45. The number of aromatic nitrogens is 3. The minimum atomic E-state index is -0.276. The zero-order chi connectivity index (χ0) is 18.4. The fourth-order valence-corrected chi connectivity index (χ4v) is 2.36. The van der Waals surface area contributed by atoms with Crippen molar-refractivity contribution in [3.63, 3.8) is 0 Å². The van der Waals surface area contributed by atoms with Crippen LogP contribution in [0.1, 0.15) is 18.2 Å². The predicted molar refractivity (Wildman–Crippen MR) is 95.4 cm³/mol. The van der Waals surface area contributed by atoms with Crippen molar-refractivity contribution >= 4 is 23.4 Å². The second-order valence-electron chi connectivity index (χ2n) is 5.37. The molecule has 25 heavy (non-hydrogen) atoms. The third-order valence-electron chi connectivity index (χ3n) is 3.54. The number of nitrogens with zero attached hydrogens (tertiary/aromatic N) is 4. The maximum absolute atomic E-state index is 12.1. The number of hydrogen-bond donors (Lipinski definition) is 1. The summed E-state index contributed by atoms with van der Waals surface area (Å²) in [6.07, 6.45) is 4.37. The second-order valence-corrected chi connectivity index (χ2v) is 5.81. The maximum Gasteiger partial charge on any atom is 0.246 e. The Labute approximate surface area is 151 Å². The van der Waals surface area contributed by atoms with E-state index in [9.17, 15) is 9.59 Å². The van der Waals surface area contributed by atoms with E-state index >= 15 is 0 Å². The number of amides is 2. The minimum absolute atomic E-state index is 0.0242. The molecular weight excluding hydrogens is 342 g/mol. The van der Waals surface area contributed by atoms with Crippen LogP contribution in [0, 0.1) is 6.92 Å². The molecule has 7 nitrogen and oxygen atoms in total. The van der Waals surface area contributed by atoms with Gasteiger partial charge in [0.1, 0.15) is 0 Å². The van der Waals surface area contributed by atoms with E-state index in [1.807, 2.05) is 19.1 Å². The predicted octanol–water partition coefficient (Wildman–Crippen LogP) is 1.88. The van der Waals surface area contributed by atoms with Crippen molar-refractivity contribution in [2.75, 3.05) is 13.1 Å². The van der Waals surface area contributed by atoms with Crippen molar-refractivity contribution in [3.05, 3.63) is 53.5 Å². The van der Waals surface area contributed by atoms with Gasteiger partial charge in [-0.15, -0.1) is 0 Å². The van der Waals surface area contributed by atoms with Crippen molar-refractivity contribution in [1.29, 1.82) is 0 Å². The van der Waals surface area contributed by atoms with Crippen LogP contribution in [0.5, 0.6) is 0 Å². The summed E-state index contributed by atoms with van der Waals surface area (Å²) in [7, 11) is 0. The summed E-state index contributed by atoms with van der Waals surface area (Å²) in [5.41, 5.74) is 1.61. The highest BCUT2D eigenvalue weighted by molar-refractivity contribution is 6.30. The Kier molecular flexibility index (Phi) is 6.30. The Morgan fingerprint density at radius 3 is 2.80 bits per heavy atom. The van der Waals surface area contributed by atoms with Gasteiger partial charge in [0, 0.05) is 24.3 Å². The lowest BCUT2D eigenvalue weighted by Gasteiger charge is -2.18. The smallest absolute Gasteiger partial charge is 0.246 e. The van der Waals surface area contributed by atoms with Crippen molar-refractivity contribution in [2.24, 2.45) is 0 Å². The van der Waals surface area contributed by atoms with Gasteiger partial charge in [-0.05, 0) is 26.0 Å². The van der Waals surface area contributed by atoms with Crippen LogP contribution in [0.4, 0.5) is 0 Å². The molecule has 132 valence electrons. The first-order valence-corrected chi connectivity index (χ1v) is 8.17. The Morgan fingerprint density at radius 2 is 2.20 bits per heavy atom. The fourth-order valence-electron chi connectivity index (χ4n) is 2.22. The second kappa shape index (κ2) is 8.43. The summed E-state index contributed by atoms with van der Waals surface area (Å²) in [6, 6.07) is 3.73. The van der Waals surface area contributed by atoms with Crippen LogP contribution >= 0.6 is 11.6 Å². The molecule has 0 aromatic carbocycles. The lowest BCUT2D eigenvalue weighted by molar-refractivity contribution is -0.132.